The van der Waals surface area contributed by atoms with Crippen LogP contribution in [-0.2, 0) is 9.53 Å². The zero-order valence-electron chi connectivity index (χ0n) is 16.8. The lowest BCUT2D eigenvalue weighted by atomic mass is 10.1. The molecule has 7 heteroatoms. The van der Waals surface area contributed by atoms with Crippen molar-refractivity contribution in [3.05, 3.63) is 85.0 Å². The van der Waals surface area contributed by atoms with Gasteiger partial charge in [0.15, 0.2) is 6.61 Å². The summed E-state index contributed by atoms with van der Waals surface area (Å²) in [7, 11) is 1.54. The molecule has 0 aliphatic rings. The highest BCUT2D eigenvalue weighted by atomic mass is 16.5. The molecule has 0 aliphatic heterocycles. The number of rotatable bonds is 10. The third-order valence-corrected chi connectivity index (χ3v) is 4.13. The van der Waals surface area contributed by atoms with Crippen LogP contribution in [0.2, 0.25) is 0 Å². The van der Waals surface area contributed by atoms with Crippen LogP contribution in [0.15, 0.2) is 73.8 Å². The number of benzene rings is 2. The zero-order chi connectivity index (χ0) is 21.9. The summed E-state index contributed by atoms with van der Waals surface area (Å²) < 4.78 is 10.2. The molecule has 0 atom stereocenters. The van der Waals surface area contributed by atoms with Gasteiger partial charge in [0, 0.05) is 18.7 Å². The Balaban J connectivity index is 2.06. The van der Waals surface area contributed by atoms with Crippen molar-refractivity contribution in [2.75, 3.05) is 32.1 Å². The molecule has 156 valence electrons. The molecule has 0 bridgehead atoms. The molecule has 0 fully saturated rings. The van der Waals surface area contributed by atoms with Gasteiger partial charge < -0.3 is 19.7 Å². The number of hydrogen-bond donors (Lipinski definition) is 1. The van der Waals surface area contributed by atoms with Crippen molar-refractivity contribution in [2.45, 2.75) is 0 Å². The topological polar surface area (TPSA) is 84.9 Å². The molecule has 0 radical (unpaired) electrons. The summed E-state index contributed by atoms with van der Waals surface area (Å²) in [5.41, 5.74) is 0.828. The summed E-state index contributed by atoms with van der Waals surface area (Å²) in [5, 5.41) is 2.69. The molecule has 1 N–H and O–H groups in total. The van der Waals surface area contributed by atoms with E-state index in [0.717, 1.165) is 0 Å². The summed E-state index contributed by atoms with van der Waals surface area (Å²) >= 11 is 0. The highest BCUT2D eigenvalue weighted by Gasteiger charge is 2.18. The molecular formula is C23H24N2O5. The van der Waals surface area contributed by atoms with E-state index < -0.39 is 18.5 Å². The number of methoxy groups -OCH3 is 1. The molecule has 0 unspecified atom stereocenters. The van der Waals surface area contributed by atoms with Crippen molar-refractivity contribution in [1.82, 2.24) is 4.90 Å². The van der Waals surface area contributed by atoms with Gasteiger partial charge in [-0.25, -0.2) is 4.79 Å². The number of nitrogens with zero attached hydrogens (tertiary/aromatic N) is 1. The summed E-state index contributed by atoms with van der Waals surface area (Å²) in [5.74, 6) is -0.853. The largest absolute Gasteiger partial charge is 0.497 e. The number of anilines is 1. The van der Waals surface area contributed by atoms with Gasteiger partial charge >= 0.3 is 5.97 Å². The Morgan fingerprint density at radius 2 is 1.63 bits per heavy atom. The maximum atomic E-state index is 12.5. The Hall–Kier alpha value is -3.87. The minimum Gasteiger partial charge on any atom is -0.497 e. The van der Waals surface area contributed by atoms with E-state index in [4.69, 9.17) is 9.47 Å². The van der Waals surface area contributed by atoms with Crippen molar-refractivity contribution in [1.29, 1.82) is 0 Å². The fourth-order valence-corrected chi connectivity index (χ4v) is 2.59. The predicted octanol–water partition coefficient (Wildman–Crippen LogP) is 3.30. The van der Waals surface area contributed by atoms with Crippen molar-refractivity contribution >= 4 is 23.5 Å². The van der Waals surface area contributed by atoms with Crippen LogP contribution in [0.1, 0.15) is 20.7 Å². The number of nitrogens with one attached hydrogen (secondary N) is 1. The average Bonchev–Trinajstić information content (AvgIpc) is 2.77. The lowest BCUT2D eigenvalue weighted by Gasteiger charge is -2.19. The number of esters is 1. The molecule has 2 rings (SSSR count). The van der Waals surface area contributed by atoms with Crippen LogP contribution in [-0.4, -0.2) is 49.5 Å². The van der Waals surface area contributed by atoms with Gasteiger partial charge in [-0.1, -0.05) is 24.3 Å². The summed E-state index contributed by atoms with van der Waals surface area (Å²) in [6.07, 6.45) is 3.15. The molecule has 0 spiro atoms. The van der Waals surface area contributed by atoms with Crippen molar-refractivity contribution in [3.8, 4) is 5.75 Å². The lowest BCUT2D eigenvalue weighted by molar-refractivity contribution is -0.133. The Kier molecular flexibility index (Phi) is 8.38. The van der Waals surface area contributed by atoms with Crippen molar-refractivity contribution in [3.63, 3.8) is 0 Å². The van der Waals surface area contributed by atoms with Gasteiger partial charge in [0.25, 0.3) is 11.8 Å². The minimum absolute atomic E-state index is 0.145. The number of carbonyl (C=O) groups excluding carboxylic acids is 3. The van der Waals surface area contributed by atoms with E-state index >= 15 is 0 Å². The smallest absolute Gasteiger partial charge is 0.340 e. The first-order chi connectivity index (χ1) is 14.5. The highest BCUT2D eigenvalue weighted by Crippen LogP contribution is 2.18. The van der Waals surface area contributed by atoms with E-state index in [0.29, 0.717) is 24.4 Å². The quantitative estimate of drug-likeness (QED) is 0.482. The first-order valence-corrected chi connectivity index (χ1v) is 9.21. The number of amides is 2. The van der Waals surface area contributed by atoms with Gasteiger partial charge in [-0.05, 0) is 36.4 Å². The van der Waals surface area contributed by atoms with Gasteiger partial charge in [-0.15, -0.1) is 13.2 Å². The van der Waals surface area contributed by atoms with Crippen LogP contribution in [0.5, 0.6) is 5.75 Å². The normalized spacial score (nSPS) is 9.90. The first kappa shape index (κ1) is 22.4. The summed E-state index contributed by atoms with van der Waals surface area (Å²) in [6.45, 7) is 7.40. The van der Waals surface area contributed by atoms with Gasteiger partial charge in [0.2, 0.25) is 0 Å². The Morgan fingerprint density at radius 1 is 1.00 bits per heavy atom. The van der Waals surface area contributed by atoms with E-state index in [1.54, 1.807) is 54.6 Å². The van der Waals surface area contributed by atoms with Gasteiger partial charge in [0.1, 0.15) is 5.75 Å². The average molecular weight is 408 g/mol. The van der Waals surface area contributed by atoms with Crippen LogP contribution in [0.25, 0.3) is 0 Å². The molecule has 30 heavy (non-hydrogen) atoms. The second kappa shape index (κ2) is 11.2. The second-order valence-corrected chi connectivity index (χ2v) is 6.18. The number of para-hydroxylation sites is 1. The Bertz CT molecular complexity index is 911. The molecule has 0 saturated heterocycles. The molecular weight excluding hydrogens is 384 g/mol. The summed E-state index contributed by atoms with van der Waals surface area (Å²) in [4.78, 5) is 38.7. The van der Waals surface area contributed by atoms with Crippen molar-refractivity contribution < 1.29 is 23.9 Å². The van der Waals surface area contributed by atoms with E-state index in [2.05, 4.69) is 18.5 Å². The molecule has 7 nitrogen and oxygen atoms in total. The molecule has 2 amide bonds. The van der Waals surface area contributed by atoms with Crippen LogP contribution in [0.3, 0.4) is 0 Å². The minimum atomic E-state index is -0.717. The molecule has 2 aromatic carbocycles. The highest BCUT2D eigenvalue weighted by molar-refractivity contribution is 6.08. The van der Waals surface area contributed by atoms with Gasteiger partial charge in [-0.2, -0.15) is 0 Å². The van der Waals surface area contributed by atoms with E-state index in [-0.39, 0.29) is 17.2 Å². The molecule has 0 aliphatic carbocycles. The molecule has 0 heterocycles. The molecule has 0 aromatic heterocycles. The van der Waals surface area contributed by atoms with E-state index in [9.17, 15) is 14.4 Å². The zero-order valence-corrected chi connectivity index (χ0v) is 16.8. The van der Waals surface area contributed by atoms with E-state index in [1.807, 2.05) is 0 Å². The second-order valence-electron chi connectivity index (χ2n) is 6.18. The number of carbonyl (C=O) groups is 3. The molecule has 2 aromatic rings. The van der Waals surface area contributed by atoms with Crippen LogP contribution < -0.4 is 10.1 Å². The predicted molar refractivity (Wildman–Crippen MR) is 115 cm³/mol. The molecule has 0 saturated carbocycles. The van der Waals surface area contributed by atoms with Crippen LogP contribution in [0.4, 0.5) is 5.69 Å². The third-order valence-electron chi connectivity index (χ3n) is 4.13. The van der Waals surface area contributed by atoms with Gasteiger partial charge in [0.05, 0.1) is 18.4 Å². The lowest BCUT2D eigenvalue weighted by Crippen LogP contribution is -2.35. The monoisotopic (exact) mass is 408 g/mol. The fourth-order valence-electron chi connectivity index (χ4n) is 2.59. The number of ether oxygens (including phenoxy) is 2. The van der Waals surface area contributed by atoms with Crippen molar-refractivity contribution in [2.24, 2.45) is 0 Å². The van der Waals surface area contributed by atoms with Crippen LogP contribution in [0, 0.1) is 0 Å². The first-order valence-electron chi connectivity index (χ1n) is 9.21. The maximum Gasteiger partial charge on any atom is 0.340 e. The van der Waals surface area contributed by atoms with E-state index in [1.165, 1.54) is 18.1 Å². The third kappa shape index (κ3) is 6.07. The maximum absolute atomic E-state index is 12.5. The standard InChI is InChI=1S/C23H24N2O5/c1-4-14-25(15-5-2)21(26)16-30-23(28)19-8-6-7-9-20(19)24-22(27)17-10-12-18(29-3)13-11-17/h4-13H,1-2,14-16H2,3H3,(H,24,27). The van der Waals surface area contributed by atoms with Gasteiger partial charge in [-0.3, -0.25) is 9.59 Å². The summed E-state index contributed by atoms with van der Waals surface area (Å²) in [6, 6.07) is 13.0. The SMILES string of the molecule is C=CCN(CC=C)C(=O)COC(=O)c1ccccc1NC(=O)c1ccc(OC)cc1. The fraction of sp³-hybridized carbons (Fsp3) is 0.174. The number of hydrogen-bond acceptors (Lipinski definition) is 5. The Morgan fingerprint density at radius 3 is 2.23 bits per heavy atom. The Labute approximate surface area is 175 Å². The van der Waals surface area contributed by atoms with Crippen LogP contribution >= 0.6 is 0 Å².